The molecular formula is C13H21NO2S. The van der Waals surface area contributed by atoms with Crippen LogP contribution in [-0.4, -0.2) is 23.5 Å². The van der Waals surface area contributed by atoms with Crippen LogP contribution >= 0.6 is 11.3 Å². The first-order valence-corrected chi connectivity index (χ1v) is 6.58. The summed E-state index contributed by atoms with van der Waals surface area (Å²) in [6.07, 6.45) is 0.349. The summed E-state index contributed by atoms with van der Waals surface area (Å²) >= 11 is 1.54. The summed E-state index contributed by atoms with van der Waals surface area (Å²) in [6, 6.07) is 0. The molecule has 0 spiro atoms. The van der Waals surface area contributed by atoms with Gasteiger partial charge in [-0.25, -0.2) is 4.98 Å². The van der Waals surface area contributed by atoms with Gasteiger partial charge in [-0.1, -0.05) is 20.8 Å². The Bertz CT molecular complexity index is 402. The molecule has 0 unspecified atom stereocenters. The number of hydrogen-bond donors (Lipinski definition) is 0. The van der Waals surface area contributed by atoms with E-state index in [9.17, 15) is 4.79 Å². The van der Waals surface area contributed by atoms with Crippen molar-refractivity contribution in [2.24, 2.45) is 0 Å². The Morgan fingerprint density at radius 2 is 1.94 bits per heavy atom. The maximum atomic E-state index is 12.0. The molecule has 0 amide bonds. The van der Waals surface area contributed by atoms with Gasteiger partial charge in [0.05, 0.1) is 12.1 Å². The van der Waals surface area contributed by atoms with Crippen LogP contribution in [0, 0.1) is 0 Å². The van der Waals surface area contributed by atoms with Crippen molar-refractivity contribution < 1.29 is 9.53 Å². The Kier molecular flexibility index (Phi) is 4.10. The Morgan fingerprint density at radius 1 is 1.35 bits per heavy atom. The fraction of sp³-hybridized carbons (Fsp3) is 0.692. The van der Waals surface area contributed by atoms with E-state index in [1.807, 2.05) is 5.38 Å². The zero-order valence-electron chi connectivity index (χ0n) is 11.5. The van der Waals surface area contributed by atoms with Gasteiger partial charge in [-0.3, -0.25) is 4.79 Å². The molecule has 0 N–H and O–H groups in total. The van der Waals surface area contributed by atoms with Gasteiger partial charge in [0.25, 0.3) is 0 Å². The van der Waals surface area contributed by atoms with E-state index in [0.717, 1.165) is 10.7 Å². The third-order valence-corrected chi connectivity index (χ3v) is 3.66. The van der Waals surface area contributed by atoms with Crippen LogP contribution in [0.2, 0.25) is 0 Å². The van der Waals surface area contributed by atoms with Gasteiger partial charge < -0.3 is 4.74 Å². The second-order valence-electron chi connectivity index (χ2n) is 5.69. The molecule has 1 aromatic heterocycles. The Labute approximate surface area is 107 Å². The molecule has 0 radical (unpaired) electrons. The molecule has 0 aromatic carbocycles. The predicted octanol–water partition coefficient (Wildman–Crippen LogP) is 2.98. The molecule has 17 heavy (non-hydrogen) atoms. The maximum Gasteiger partial charge on any atom is 0.170 e. The minimum atomic E-state index is -0.729. The smallest absolute Gasteiger partial charge is 0.170 e. The molecule has 1 aromatic rings. The second kappa shape index (κ2) is 4.86. The van der Waals surface area contributed by atoms with Crippen molar-refractivity contribution in [3.63, 3.8) is 0 Å². The lowest BCUT2D eigenvalue weighted by Crippen LogP contribution is -2.35. The minimum Gasteiger partial charge on any atom is -0.371 e. The van der Waals surface area contributed by atoms with Gasteiger partial charge in [0, 0.05) is 17.9 Å². The van der Waals surface area contributed by atoms with E-state index >= 15 is 0 Å². The number of ketones is 1. The van der Waals surface area contributed by atoms with Crippen molar-refractivity contribution in [3.05, 3.63) is 16.1 Å². The molecule has 0 aliphatic heterocycles. The van der Waals surface area contributed by atoms with Gasteiger partial charge in [-0.15, -0.1) is 11.3 Å². The largest absolute Gasteiger partial charge is 0.371 e. The monoisotopic (exact) mass is 255 g/mol. The Morgan fingerprint density at radius 3 is 2.35 bits per heavy atom. The molecule has 4 heteroatoms. The average molecular weight is 255 g/mol. The summed E-state index contributed by atoms with van der Waals surface area (Å²) in [4.78, 5) is 16.5. The van der Waals surface area contributed by atoms with Crippen molar-refractivity contribution in [3.8, 4) is 0 Å². The van der Waals surface area contributed by atoms with E-state index in [0.29, 0.717) is 6.42 Å². The number of rotatable bonds is 4. The topological polar surface area (TPSA) is 39.2 Å². The normalized spacial score (nSPS) is 12.8. The van der Waals surface area contributed by atoms with Gasteiger partial charge in [-0.2, -0.15) is 0 Å². The molecule has 3 nitrogen and oxygen atoms in total. The van der Waals surface area contributed by atoms with Gasteiger partial charge in [0.2, 0.25) is 0 Å². The van der Waals surface area contributed by atoms with Crippen molar-refractivity contribution in [2.75, 3.05) is 7.11 Å². The van der Waals surface area contributed by atoms with Crippen LogP contribution < -0.4 is 0 Å². The highest BCUT2D eigenvalue weighted by Gasteiger charge is 2.28. The lowest BCUT2D eigenvalue weighted by molar-refractivity contribution is -0.136. The van der Waals surface area contributed by atoms with Crippen LogP contribution in [0.3, 0.4) is 0 Å². The highest BCUT2D eigenvalue weighted by atomic mass is 32.1. The van der Waals surface area contributed by atoms with Gasteiger partial charge in [-0.05, 0) is 13.8 Å². The molecule has 96 valence electrons. The molecule has 0 aliphatic carbocycles. The van der Waals surface area contributed by atoms with E-state index in [4.69, 9.17) is 4.74 Å². The quantitative estimate of drug-likeness (QED) is 0.830. The van der Waals surface area contributed by atoms with Crippen LogP contribution in [0.1, 0.15) is 45.3 Å². The molecular weight excluding hydrogens is 234 g/mol. The zero-order chi connectivity index (χ0) is 13.3. The maximum absolute atomic E-state index is 12.0. The van der Waals surface area contributed by atoms with Gasteiger partial charge >= 0.3 is 0 Å². The lowest BCUT2D eigenvalue weighted by Gasteiger charge is -2.20. The lowest BCUT2D eigenvalue weighted by atomic mass is 9.93. The molecule has 0 saturated heterocycles. The summed E-state index contributed by atoms with van der Waals surface area (Å²) in [5.74, 6) is 0.0646. The number of methoxy groups -OCH3 is 1. The number of aromatic nitrogens is 1. The summed E-state index contributed by atoms with van der Waals surface area (Å²) in [5, 5.41) is 2.90. The Balaban J connectivity index is 2.77. The number of thiazole rings is 1. The standard InChI is InChI=1S/C13H21NO2S/c1-12(2,3)9-8-17-11(14-9)7-10(15)13(4,5)16-6/h8H,7H2,1-6H3. The number of carbonyl (C=O) groups is 1. The first-order valence-electron chi connectivity index (χ1n) is 5.70. The molecule has 0 fully saturated rings. The van der Waals surface area contributed by atoms with Crippen LogP contribution in [-0.2, 0) is 21.4 Å². The zero-order valence-corrected chi connectivity index (χ0v) is 12.3. The van der Waals surface area contributed by atoms with E-state index in [-0.39, 0.29) is 11.2 Å². The SMILES string of the molecule is COC(C)(C)C(=O)Cc1nc(C(C)(C)C)cs1. The van der Waals surface area contributed by atoms with Crippen LogP contribution in [0.25, 0.3) is 0 Å². The highest BCUT2D eigenvalue weighted by molar-refractivity contribution is 7.09. The molecule has 1 heterocycles. The Hall–Kier alpha value is -0.740. The van der Waals surface area contributed by atoms with E-state index in [1.165, 1.54) is 0 Å². The first kappa shape index (κ1) is 14.3. The van der Waals surface area contributed by atoms with Crippen molar-refractivity contribution in [2.45, 2.75) is 52.1 Å². The number of Topliss-reactive ketones (excluding diaryl/α,β-unsaturated/α-hetero) is 1. The van der Waals surface area contributed by atoms with E-state index in [1.54, 1.807) is 32.3 Å². The molecule has 0 atom stereocenters. The number of ether oxygens (including phenoxy) is 1. The number of nitrogens with zero attached hydrogens (tertiary/aromatic N) is 1. The third kappa shape index (κ3) is 3.61. The first-order chi connectivity index (χ1) is 7.66. The van der Waals surface area contributed by atoms with Crippen molar-refractivity contribution >= 4 is 17.1 Å². The van der Waals surface area contributed by atoms with Crippen LogP contribution in [0.5, 0.6) is 0 Å². The summed E-state index contributed by atoms with van der Waals surface area (Å²) in [6.45, 7) is 9.92. The molecule has 0 aliphatic rings. The number of carbonyl (C=O) groups excluding carboxylic acids is 1. The average Bonchev–Trinajstić information content (AvgIpc) is 2.65. The number of hydrogen-bond acceptors (Lipinski definition) is 4. The van der Waals surface area contributed by atoms with Gasteiger partial charge in [0.1, 0.15) is 10.6 Å². The van der Waals surface area contributed by atoms with Crippen LogP contribution in [0.15, 0.2) is 5.38 Å². The third-order valence-electron chi connectivity index (χ3n) is 2.81. The minimum absolute atomic E-state index is 0.0363. The summed E-state index contributed by atoms with van der Waals surface area (Å²) in [7, 11) is 1.56. The fourth-order valence-electron chi connectivity index (χ4n) is 1.20. The second-order valence-corrected chi connectivity index (χ2v) is 6.63. The summed E-state index contributed by atoms with van der Waals surface area (Å²) in [5.41, 5.74) is 0.350. The van der Waals surface area contributed by atoms with E-state index in [2.05, 4.69) is 25.8 Å². The van der Waals surface area contributed by atoms with Crippen molar-refractivity contribution in [1.82, 2.24) is 4.98 Å². The van der Waals surface area contributed by atoms with Crippen molar-refractivity contribution in [1.29, 1.82) is 0 Å². The highest BCUT2D eigenvalue weighted by Crippen LogP contribution is 2.25. The van der Waals surface area contributed by atoms with Crippen LogP contribution in [0.4, 0.5) is 0 Å². The molecule has 1 rings (SSSR count). The molecule has 0 bridgehead atoms. The fourth-order valence-corrected chi connectivity index (χ4v) is 2.22. The molecule has 0 saturated carbocycles. The van der Waals surface area contributed by atoms with Gasteiger partial charge in [0.15, 0.2) is 5.78 Å². The summed E-state index contributed by atoms with van der Waals surface area (Å²) < 4.78 is 5.17. The predicted molar refractivity (Wildman–Crippen MR) is 70.6 cm³/mol. The van der Waals surface area contributed by atoms with E-state index < -0.39 is 5.60 Å².